The molecule has 1 unspecified atom stereocenters. The van der Waals surface area contributed by atoms with E-state index in [9.17, 15) is 4.21 Å². The fraction of sp³-hybridized carbons (Fsp3) is 0.353. The lowest BCUT2D eigenvalue weighted by Crippen LogP contribution is -2.66. The van der Waals surface area contributed by atoms with Crippen LogP contribution in [-0.4, -0.2) is 30.4 Å². The van der Waals surface area contributed by atoms with Crippen LogP contribution in [0.15, 0.2) is 89.4 Å². The van der Waals surface area contributed by atoms with Crippen molar-refractivity contribution in [3.05, 3.63) is 95.0 Å². The zero-order valence-electron chi connectivity index (χ0n) is 24.2. The summed E-state index contributed by atoms with van der Waals surface area (Å²) < 4.78 is 23.6. The minimum Gasteiger partial charge on any atom is -0.407 e. The van der Waals surface area contributed by atoms with Crippen LogP contribution in [-0.2, 0) is 15.4 Å². The van der Waals surface area contributed by atoms with E-state index in [1.165, 1.54) is 10.4 Å². The molecule has 6 heteroatoms. The first-order valence-corrected chi connectivity index (χ1v) is 17.5. The summed E-state index contributed by atoms with van der Waals surface area (Å²) in [5.74, 6) is 9.35. The summed E-state index contributed by atoms with van der Waals surface area (Å²) in [6.45, 7) is 11.7. The largest absolute Gasteiger partial charge is 0.407 e. The number of nitrogens with one attached hydrogen (secondary N) is 1. The molecule has 0 saturated carbocycles. The molecule has 0 bridgehead atoms. The molecular weight excluding hydrogens is 594 g/mol. The van der Waals surface area contributed by atoms with E-state index < -0.39 is 24.1 Å². The van der Waals surface area contributed by atoms with Gasteiger partial charge in [0.1, 0.15) is 0 Å². The van der Waals surface area contributed by atoms with Gasteiger partial charge in [-0.3, -0.25) is 0 Å². The molecule has 0 fully saturated rings. The molecule has 0 aliphatic rings. The summed E-state index contributed by atoms with van der Waals surface area (Å²) in [6.07, 6.45) is 6.76. The van der Waals surface area contributed by atoms with Crippen LogP contribution in [0.4, 0.5) is 0 Å². The van der Waals surface area contributed by atoms with Crippen LogP contribution >= 0.6 is 15.9 Å². The van der Waals surface area contributed by atoms with Crippen molar-refractivity contribution in [1.29, 1.82) is 0 Å². The minimum atomic E-state index is -2.66. The first-order valence-electron chi connectivity index (χ1n) is 13.6. The highest BCUT2D eigenvalue weighted by molar-refractivity contribution is 9.10. The predicted molar refractivity (Wildman–Crippen MR) is 176 cm³/mol. The molecule has 0 aromatic heterocycles. The van der Waals surface area contributed by atoms with Crippen LogP contribution in [0, 0.1) is 30.1 Å². The van der Waals surface area contributed by atoms with E-state index in [2.05, 4.69) is 120 Å². The van der Waals surface area contributed by atoms with Crippen LogP contribution < -0.4 is 15.1 Å². The minimum absolute atomic E-state index is 0.0243. The van der Waals surface area contributed by atoms with Gasteiger partial charge in [0.15, 0.2) is 0 Å². The summed E-state index contributed by atoms with van der Waals surface area (Å²) in [6, 6.07) is 29.3. The molecule has 3 aromatic rings. The molecule has 40 heavy (non-hydrogen) atoms. The molecule has 210 valence electrons. The predicted octanol–water partition coefficient (Wildman–Crippen LogP) is 6.44. The Morgan fingerprint density at radius 2 is 1.55 bits per heavy atom. The van der Waals surface area contributed by atoms with Crippen molar-refractivity contribution in [1.82, 2.24) is 4.72 Å². The molecule has 2 atom stereocenters. The van der Waals surface area contributed by atoms with Gasteiger partial charge in [-0.2, -0.15) is 0 Å². The summed E-state index contributed by atoms with van der Waals surface area (Å²) in [7, 11) is -3.96. The van der Waals surface area contributed by atoms with Crippen molar-refractivity contribution in [2.75, 3.05) is 13.2 Å². The molecular formula is C34H40BrNO2SSi. The molecule has 1 N–H and O–H groups in total. The van der Waals surface area contributed by atoms with E-state index in [0.29, 0.717) is 13.0 Å². The maximum Gasteiger partial charge on any atom is 0.261 e. The van der Waals surface area contributed by atoms with Gasteiger partial charge in [-0.05, 0) is 60.3 Å². The van der Waals surface area contributed by atoms with Crippen molar-refractivity contribution >= 4 is 45.6 Å². The number of hydrogen-bond acceptors (Lipinski definition) is 2. The maximum atomic E-state index is 13.0. The summed E-state index contributed by atoms with van der Waals surface area (Å²) >= 11 is 3.54. The number of halogens is 1. The third kappa shape index (κ3) is 8.29. The number of hydrogen-bond donors (Lipinski definition) is 1. The molecule has 0 aliphatic heterocycles. The summed E-state index contributed by atoms with van der Waals surface area (Å²) in [4.78, 5) is 0. The van der Waals surface area contributed by atoms with Crippen LogP contribution in [0.1, 0.15) is 53.0 Å². The molecule has 0 radical (unpaired) electrons. The Hall–Kier alpha value is -2.45. The summed E-state index contributed by atoms with van der Waals surface area (Å²) in [5.41, 5.74) is 0.941. The molecule has 0 spiro atoms. The topological polar surface area (TPSA) is 38.3 Å². The second-order valence-corrected chi connectivity index (χ2v) is 18.7. The third-order valence-electron chi connectivity index (χ3n) is 6.99. The van der Waals surface area contributed by atoms with Gasteiger partial charge in [-0.15, -0.1) is 6.42 Å². The lowest BCUT2D eigenvalue weighted by atomic mass is 9.94. The van der Waals surface area contributed by atoms with Gasteiger partial charge in [0.25, 0.3) is 8.32 Å². The van der Waals surface area contributed by atoms with Crippen LogP contribution in [0.5, 0.6) is 0 Å². The van der Waals surface area contributed by atoms with Gasteiger partial charge >= 0.3 is 0 Å². The molecule has 0 heterocycles. The Kier molecular flexibility index (Phi) is 11.6. The van der Waals surface area contributed by atoms with E-state index in [4.69, 9.17) is 10.8 Å². The zero-order chi connectivity index (χ0) is 29.2. The molecule has 0 amide bonds. The lowest BCUT2D eigenvalue weighted by Gasteiger charge is -2.43. The first-order chi connectivity index (χ1) is 19.0. The molecule has 0 aliphatic carbocycles. The molecule has 0 saturated heterocycles. The standard InChI is InChI=1S/C34H40BrNO2SSi/c1-7-24-36-39(37)34(5,6)27-29(22-21-28-15-14-16-30(35)26-28)23-25-38-40(33(2,3)4,31-17-10-8-11-18-31)32-19-12-9-13-20-32/h1,8-20,26,29,36H,23-25,27H2,2-6H3/t29-,39?/m1/s1. The highest BCUT2D eigenvalue weighted by Gasteiger charge is 2.50. The van der Waals surface area contributed by atoms with Crippen molar-refractivity contribution in [3.63, 3.8) is 0 Å². The summed E-state index contributed by atoms with van der Waals surface area (Å²) in [5, 5.41) is 2.41. The molecule has 3 nitrogen and oxygen atoms in total. The number of rotatable bonds is 11. The SMILES string of the molecule is C#CCNS(=O)C(C)(C)C[C@H](C#Cc1cccc(Br)c1)CCO[Si](c1ccccc1)(c1ccccc1)C(C)(C)C. The second-order valence-electron chi connectivity index (χ2n) is 11.5. The van der Waals surface area contributed by atoms with E-state index >= 15 is 0 Å². The average molecular weight is 635 g/mol. The van der Waals surface area contributed by atoms with Gasteiger partial charge < -0.3 is 4.43 Å². The Morgan fingerprint density at radius 3 is 2.08 bits per heavy atom. The Bertz CT molecular complexity index is 1330. The van der Waals surface area contributed by atoms with Crippen LogP contribution in [0.3, 0.4) is 0 Å². The van der Waals surface area contributed by atoms with Crippen LogP contribution in [0.2, 0.25) is 5.04 Å². The Morgan fingerprint density at radius 1 is 0.950 bits per heavy atom. The van der Waals surface area contributed by atoms with E-state index in [1.807, 2.05) is 38.1 Å². The monoisotopic (exact) mass is 633 g/mol. The third-order valence-corrected chi connectivity index (χ3v) is 14.1. The van der Waals surface area contributed by atoms with E-state index in [1.54, 1.807) is 0 Å². The lowest BCUT2D eigenvalue weighted by molar-refractivity contribution is 0.270. The van der Waals surface area contributed by atoms with Crippen LogP contribution in [0.25, 0.3) is 0 Å². The Labute approximate surface area is 253 Å². The normalized spacial score (nSPS) is 13.5. The van der Waals surface area contributed by atoms with Gasteiger partial charge in [-0.25, -0.2) is 8.93 Å². The van der Waals surface area contributed by atoms with E-state index in [-0.39, 0.29) is 17.5 Å². The second kappa shape index (κ2) is 14.4. The Balaban J connectivity index is 1.94. The zero-order valence-corrected chi connectivity index (χ0v) is 27.6. The maximum absolute atomic E-state index is 13.0. The quantitative estimate of drug-likeness (QED) is 0.195. The fourth-order valence-corrected chi connectivity index (χ4v) is 11.0. The smallest absolute Gasteiger partial charge is 0.261 e. The van der Waals surface area contributed by atoms with Gasteiger partial charge in [0, 0.05) is 22.6 Å². The van der Waals surface area contributed by atoms with Crippen molar-refractivity contribution in [3.8, 4) is 24.2 Å². The number of benzene rings is 3. The fourth-order valence-electron chi connectivity index (χ4n) is 5.06. The first kappa shape index (κ1) is 32.1. The molecule has 3 rings (SSSR count). The van der Waals surface area contributed by atoms with Crippen molar-refractivity contribution < 1.29 is 8.63 Å². The van der Waals surface area contributed by atoms with Crippen molar-refractivity contribution in [2.24, 2.45) is 5.92 Å². The van der Waals surface area contributed by atoms with E-state index in [0.717, 1.165) is 16.5 Å². The highest BCUT2D eigenvalue weighted by atomic mass is 79.9. The highest BCUT2D eigenvalue weighted by Crippen LogP contribution is 2.37. The van der Waals surface area contributed by atoms with Gasteiger partial charge in [-0.1, -0.05) is 121 Å². The van der Waals surface area contributed by atoms with Gasteiger partial charge in [0.05, 0.1) is 22.3 Å². The molecule has 3 aromatic carbocycles. The number of terminal acetylenes is 1. The van der Waals surface area contributed by atoms with Crippen molar-refractivity contribution in [2.45, 2.75) is 57.2 Å². The van der Waals surface area contributed by atoms with Gasteiger partial charge in [0.2, 0.25) is 0 Å². The average Bonchev–Trinajstić information content (AvgIpc) is 2.92.